The van der Waals surface area contributed by atoms with Gasteiger partial charge in [0.1, 0.15) is 0 Å². The Kier molecular flexibility index (Phi) is 5.22. The van der Waals surface area contributed by atoms with Crippen LogP contribution in [0.1, 0.15) is 26.7 Å². The molecule has 4 heteroatoms. The van der Waals surface area contributed by atoms with Gasteiger partial charge in [-0.3, -0.25) is 4.79 Å². The van der Waals surface area contributed by atoms with E-state index in [1.807, 2.05) is 7.05 Å². The molecule has 1 aliphatic rings. The second kappa shape index (κ2) is 6.21. The van der Waals surface area contributed by atoms with Gasteiger partial charge in [-0.15, -0.1) is 0 Å². The van der Waals surface area contributed by atoms with Gasteiger partial charge >= 0.3 is 0 Å². The van der Waals surface area contributed by atoms with Crippen LogP contribution in [0.25, 0.3) is 0 Å². The zero-order valence-electron chi connectivity index (χ0n) is 11.0. The van der Waals surface area contributed by atoms with Gasteiger partial charge in [0.05, 0.1) is 6.04 Å². The molecule has 4 nitrogen and oxygen atoms in total. The number of nitrogens with one attached hydrogen (secondary N) is 1. The normalized spacial score (nSPS) is 23.2. The van der Waals surface area contributed by atoms with Gasteiger partial charge in [-0.2, -0.15) is 0 Å². The van der Waals surface area contributed by atoms with Crippen molar-refractivity contribution in [2.24, 2.45) is 0 Å². The van der Waals surface area contributed by atoms with Crippen LogP contribution in [0.4, 0.5) is 0 Å². The van der Waals surface area contributed by atoms with Gasteiger partial charge in [-0.25, -0.2) is 0 Å². The highest BCUT2D eigenvalue weighted by Gasteiger charge is 2.28. The van der Waals surface area contributed by atoms with Crippen LogP contribution in [0.2, 0.25) is 0 Å². The Morgan fingerprint density at radius 1 is 1.62 bits per heavy atom. The van der Waals surface area contributed by atoms with Gasteiger partial charge in [0.2, 0.25) is 5.91 Å². The average Bonchev–Trinajstić information content (AvgIpc) is 2.59. The summed E-state index contributed by atoms with van der Waals surface area (Å²) in [5.41, 5.74) is 0. The second-order valence-electron chi connectivity index (χ2n) is 4.79. The average molecular weight is 227 g/mol. The maximum absolute atomic E-state index is 11.6. The van der Waals surface area contributed by atoms with Crippen LogP contribution < -0.4 is 5.32 Å². The van der Waals surface area contributed by atoms with Crippen molar-refractivity contribution < 1.29 is 4.79 Å². The van der Waals surface area contributed by atoms with Crippen molar-refractivity contribution >= 4 is 5.91 Å². The predicted octanol–water partition coefficient (Wildman–Crippen LogP) is 0.537. The van der Waals surface area contributed by atoms with Crippen molar-refractivity contribution in [3.8, 4) is 0 Å². The van der Waals surface area contributed by atoms with Crippen molar-refractivity contribution in [1.82, 2.24) is 15.1 Å². The van der Waals surface area contributed by atoms with E-state index < -0.39 is 0 Å². The Morgan fingerprint density at radius 3 is 2.81 bits per heavy atom. The fourth-order valence-electron chi connectivity index (χ4n) is 1.96. The highest BCUT2D eigenvalue weighted by Crippen LogP contribution is 2.08. The molecular weight excluding hydrogens is 202 g/mol. The molecule has 0 aromatic rings. The summed E-state index contributed by atoms with van der Waals surface area (Å²) in [5, 5.41) is 3.34. The third kappa shape index (κ3) is 3.46. The summed E-state index contributed by atoms with van der Waals surface area (Å²) >= 11 is 0. The molecule has 94 valence electrons. The van der Waals surface area contributed by atoms with Crippen LogP contribution in [0.5, 0.6) is 0 Å². The smallest absolute Gasteiger partial charge is 0.239 e. The van der Waals surface area contributed by atoms with Gasteiger partial charge in [0.25, 0.3) is 0 Å². The number of carbonyl (C=O) groups is 1. The number of hydrogen-bond acceptors (Lipinski definition) is 3. The van der Waals surface area contributed by atoms with E-state index in [9.17, 15) is 4.79 Å². The first-order chi connectivity index (χ1) is 7.56. The maximum Gasteiger partial charge on any atom is 0.239 e. The van der Waals surface area contributed by atoms with E-state index in [2.05, 4.69) is 31.1 Å². The Bertz CT molecular complexity index is 232. The van der Waals surface area contributed by atoms with Crippen LogP contribution in [0.15, 0.2) is 0 Å². The van der Waals surface area contributed by atoms with Gasteiger partial charge < -0.3 is 15.1 Å². The standard InChI is InChI=1S/C12H25N3O/c1-5-10(2)14(3)9-7-13-11-6-8-15(4)12(11)16/h10-11,13H,5-9H2,1-4H3. The van der Waals surface area contributed by atoms with E-state index in [-0.39, 0.29) is 11.9 Å². The van der Waals surface area contributed by atoms with Crippen LogP contribution >= 0.6 is 0 Å². The molecule has 2 atom stereocenters. The summed E-state index contributed by atoms with van der Waals surface area (Å²) in [5.74, 6) is 0.242. The Labute approximate surface area is 99.0 Å². The second-order valence-corrected chi connectivity index (χ2v) is 4.79. The Balaban J connectivity index is 2.18. The quantitative estimate of drug-likeness (QED) is 0.719. The first-order valence-electron chi connectivity index (χ1n) is 6.24. The van der Waals surface area contributed by atoms with E-state index in [0.717, 1.165) is 26.1 Å². The van der Waals surface area contributed by atoms with E-state index in [1.54, 1.807) is 4.90 Å². The fraction of sp³-hybridized carbons (Fsp3) is 0.917. The van der Waals surface area contributed by atoms with Crippen molar-refractivity contribution in [1.29, 1.82) is 0 Å². The summed E-state index contributed by atoms with van der Waals surface area (Å²) in [6, 6.07) is 0.666. The lowest BCUT2D eigenvalue weighted by Gasteiger charge is -2.24. The van der Waals surface area contributed by atoms with Crippen molar-refractivity contribution in [3.05, 3.63) is 0 Å². The molecule has 1 saturated heterocycles. The molecule has 0 spiro atoms. The molecule has 0 radical (unpaired) electrons. The molecule has 0 aromatic heterocycles. The third-order valence-electron chi connectivity index (χ3n) is 3.63. The van der Waals surface area contributed by atoms with E-state index in [4.69, 9.17) is 0 Å². The molecule has 16 heavy (non-hydrogen) atoms. The van der Waals surface area contributed by atoms with E-state index in [0.29, 0.717) is 6.04 Å². The van der Waals surface area contributed by atoms with Gasteiger partial charge in [-0.05, 0) is 26.8 Å². The summed E-state index contributed by atoms with van der Waals surface area (Å²) < 4.78 is 0. The lowest BCUT2D eigenvalue weighted by molar-refractivity contribution is -0.128. The Morgan fingerprint density at radius 2 is 2.31 bits per heavy atom. The zero-order valence-corrected chi connectivity index (χ0v) is 11.0. The minimum atomic E-state index is 0.0512. The number of carbonyl (C=O) groups excluding carboxylic acids is 1. The van der Waals surface area contributed by atoms with E-state index >= 15 is 0 Å². The van der Waals surface area contributed by atoms with Gasteiger partial charge in [-0.1, -0.05) is 6.92 Å². The molecule has 1 rings (SSSR count). The number of likely N-dealkylation sites (tertiary alicyclic amines) is 1. The molecule has 0 aliphatic carbocycles. The molecule has 0 saturated carbocycles. The topological polar surface area (TPSA) is 35.6 Å². The molecule has 1 amide bonds. The SMILES string of the molecule is CCC(C)N(C)CCNC1CCN(C)C1=O. The molecule has 1 aliphatic heterocycles. The summed E-state index contributed by atoms with van der Waals surface area (Å²) in [7, 11) is 4.01. The predicted molar refractivity (Wildman–Crippen MR) is 66.4 cm³/mol. The van der Waals surface area contributed by atoms with Gasteiger partial charge in [0.15, 0.2) is 0 Å². The van der Waals surface area contributed by atoms with E-state index in [1.165, 1.54) is 6.42 Å². The third-order valence-corrected chi connectivity index (χ3v) is 3.63. The monoisotopic (exact) mass is 227 g/mol. The van der Waals surface area contributed by atoms with Crippen LogP contribution in [0, 0.1) is 0 Å². The first-order valence-corrected chi connectivity index (χ1v) is 6.24. The van der Waals surface area contributed by atoms with Crippen molar-refractivity contribution in [3.63, 3.8) is 0 Å². The molecular formula is C12H25N3O. The van der Waals surface area contributed by atoms with Gasteiger partial charge in [0, 0.05) is 32.7 Å². The number of nitrogens with zero attached hydrogens (tertiary/aromatic N) is 2. The van der Waals surface area contributed by atoms with Crippen molar-refractivity contribution in [2.45, 2.75) is 38.8 Å². The number of rotatable bonds is 6. The van der Waals surface area contributed by atoms with Crippen LogP contribution in [-0.4, -0.2) is 61.5 Å². The highest BCUT2D eigenvalue weighted by molar-refractivity contribution is 5.83. The summed E-state index contributed by atoms with van der Waals surface area (Å²) in [4.78, 5) is 15.8. The minimum absolute atomic E-state index is 0.0512. The molecule has 1 N–H and O–H groups in total. The lowest BCUT2D eigenvalue weighted by atomic mass is 10.2. The highest BCUT2D eigenvalue weighted by atomic mass is 16.2. The van der Waals surface area contributed by atoms with Crippen molar-refractivity contribution in [2.75, 3.05) is 33.7 Å². The summed E-state index contributed by atoms with van der Waals surface area (Å²) in [6.07, 6.45) is 2.12. The first kappa shape index (κ1) is 13.5. The number of likely N-dealkylation sites (N-methyl/N-ethyl adjacent to an activating group) is 2. The largest absolute Gasteiger partial charge is 0.344 e. The molecule has 1 heterocycles. The molecule has 2 unspecified atom stereocenters. The van der Waals surface area contributed by atoms with Crippen LogP contribution in [0.3, 0.4) is 0 Å². The molecule has 0 aromatic carbocycles. The molecule has 1 fully saturated rings. The number of hydrogen-bond donors (Lipinski definition) is 1. The lowest BCUT2D eigenvalue weighted by Crippen LogP contribution is -2.42. The zero-order chi connectivity index (χ0) is 12.1. The fourth-order valence-corrected chi connectivity index (χ4v) is 1.96. The number of amides is 1. The summed E-state index contributed by atoms with van der Waals surface area (Å²) in [6.45, 7) is 7.21. The Hall–Kier alpha value is -0.610. The van der Waals surface area contributed by atoms with Crippen LogP contribution in [-0.2, 0) is 4.79 Å². The molecule has 0 bridgehead atoms. The maximum atomic E-state index is 11.6. The minimum Gasteiger partial charge on any atom is -0.344 e.